The number of nitrogens with one attached hydrogen (secondary N) is 1. The van der Waals surface area contributed by atoms with Gasteiger partial charge in [0.1, 0.15) is 11.6 Å². The first-order valence-corrected chi connectivity index (χ1v) is 6.11. The second-order valence-electron chi connectivity index (χ2n) is 3.58. The van der Waals surface area contributed by atoms with E-state index < -0.39 is 11.6 Å². The van der Waals surface area contributed by atoms with Crippen molar-refractivity contribution in [3.05, 3.63) is 51.5 Å². The van der Waals surface area contributed by atoms with Gasteiger partial charge in [-0.25, -0.2) is 8.78 Å². The molecule has 2 aromatic carbocycles. The fraction of sp³-hybridized carbons (Fsp3) is 0. The number of para-hydroxylation sites is 1. The van der Waals surface area contributed by atoms with E-state index in [0.29, 0.717) is 5.69 Å². The maximum absolute atomic E-state index is 13.6. The fourth-order valence-electron chi connectivity index (χ4n) is 1.42. The molecule has 2 aromatic rings. The number of halogens is 4. The molecule has 2 rings (SSSR count). The van der Waals surface area contributed by atoms with E-state index in [1.807, 2.05) is 0 Å². The van der Waals surface area contributed by atoms with Gasteiger partial charge in [-0.05, 0) is 34.1 Å². The molecule has 0 bridgehead atoms. The SMILES string of the molecule is Nc1cc(F)c(Br)cc1Nc1c(F)cccc1Cl. The van der Waals surface area contributed by atoms with Crippen LogP contribution in [-0.4, -0.2) is 0 Å². The van der Waals surface area contributed by atoms with Crippen LogP contribution in [0.3, 0.4) is 0 Å². The van der Waals surface area contributed by atoms with E-state index >= 15 is 0 Å². The molecule has 2 nitrogen and oxygen atoms in total. The van der Waals surface area contributed by atoms with Crippen molar-refractivity contribution in [3.63, 3.8) is 0 Å². The molecule has 0 unspecified atom stereocenters. The highest BCUT2D eigenvalue weighted by atomic mass is 79.9. The van der Waals surface area contributed by atoms with Crippen molar-refractivity contribution >= 4 is 44.6 Å². The molecule has 6 heteroatoms. The van der Waals surface area contributed by atoms with Gasteiger partial charge in [-0.1, -0.05) is 17.7 Å². The molecule has 0 atom stereocenters. The van der Waals surface area contributed by atoms with E-state index in [9.17, 15) is 8.78 Å². The molecule has 0 aromatic heterocycles. The lowest BCUT2D eigenvalue weighted by Gasteiger charge is -2.12. The van der Waals surface area contributed by atoms with Crippen molar-refractivity contribution < 1.29 is 8.78 Å². The summed E-state index contributed by atoms with van der Waals surface area (Å²) in [5.41, 5.74) is 6.28. The lowest BCUT2D eigenvalue weighted by atomic mass is 10.2. The predicted molar refractivity (Wildman–Crippen MR) is 73.2 cm³/mol. The van der Waals surface area contributed by atoms with Crippen molar-refractivity contribution in [3.8, 4) is 0 Å². The monoisotopic (exact) mass is 332 g/mol. The highest BCUT2D eigenvalue weighted by Gasteiger charge is 2.11. The van der Waals surface area contributed by atoms with Crippen molar-refractivity contribution in [2.45, 2.75) is 0 Å². The number of hydrogen-bond acceptors (Lipinski definition) is 2. The zero-order valence-corrected chi connectivity index (χ0v) is 11.3. The summed E-state index contributed by atoms with van der Waals surface area (Å²) in [5, 5.41) is 2.97. The first-order chi connectivity index (χ1) is 8.49. The Bertz CT molecular complexity index is 585. The van der Waals surface area contributed by atoms with Gasteiger partial charge in [0.15, 0.2) is 0 Å². The van der Waals surface area contributed by atoms with Gasteiger partial charge in [0.25, 0.3) is 0 Å². The first-order valence-electron chi connectivity index (χ1n) is 4.94. The van der Waals surface area contributed by atoms with Crippen molar-refractivity contribution in [1.29, 1.82) is 0 Å². The van der Waals surface area contributed by atoms with E-state index in [2.05, 4.69) is 21.2 Å². The van der Waals surface area contributed by atoms with Crippen LogP contribution in [0.15, 0.2) is 34.8 Å². The molecular weight excluding hydrogens is 325 g/mol. The maximum Gasteiger partial charge on any atom is 0.148 e. The minimum absolute atomic E-state index is 0.101. The van der Waals surface area contributed by atoms with E-state index in [0.717, 1.165) is 6.07 Å². The number of hydrogen-bond donors (Lipinski definition) is 2. The van der Waals surface area contributed by atoms with Crippen molar-refractivity contribution in [1.82, 2.24) is 0 Å². The second kappa shape index (κ2) is 5.12. The van der Waals surface area contributed by atoms with Gasteiger partial charge in [0, 0.05) is 6.07 Å². The molecule has 94 valence electrons. The summed E-state index contributed by atoms with van der Waals surface area (Å²) in [6.07, 6.45) is 0. The lowest BCUT2D eigenvalue weighted by Crippen LogP contribution is -2.00. The average molecular weight is 334 g/mol. The molecule has 3 N–H and O–H groups in total. The van der Waals surface area contributed by atoms with Crippen molar-refractivity contribution in [2.75, 3.05) is 11.1 Å². The standard InChI is InChI=1S/C12H8BrClF2N2/c13-6-4-11(10(17)5-9(6)16)18-12-7(14)2-1-3-8(12)15/h1-5,18H,17H2. The lowest BCUT2D eigenvalue weighted by molar-refractivity contribution is 0.622. The van der Waals surface area contributed by atoms with Crippen LogP contribution >= 0.6 is 27.5 Å². The van der Waals surface area contributed by atoms with Gasteiger partial charge < -0.3 is 11.1 Å². The number of nitrogens with two attached hydrogens (primary N) is 1. The van der Waals surface area contributed by atoms with Crippen LogP contribution in [0.5, 0.6) is 0 Å². The minimum Gasteiger partial charge on any atom is -0.397 e. The molecular formula is C12H8BrClF2N2. The highest BCUT2D eigenvalue weighted by Crippen LogP contribution is 2.33. The Balaban J connectivity index is 2.43. The molecule has 18 heavy (non-hydrogen) atoms. The van der Waals surface area contributed by atoms with Gasteiger partial charge in [-0.3, -0.25) is 0 Å². The summed E-state index contributed by atoms with van der Waals surface area (Å²) in [5.74, 6) is -1.000. The Labute approximate surface area is 116 Å². The molecule has 0 radical (unpaired) electrons. The smallest absolute Gasteiger partial charge is 0.148 e. The molecule has 0 saturated carbocycles. The Morgan fingerprint density at radius 2 is 1.89 bits per heavy atom. The molecule has 0 aliphatic carbocycles. The highest BCUT2D eigenvalue weighted by molar-refractivity contribution is 9.10. The average Bonchev–Trinajstić information content (AvgIpc) is 2.30. The third kappa shape index (κ3) is 2.57. The van der Waals surface area contributed by atoms with E-state index in [1.165, 1.54) is 18.2 Å². The van der Waals surface area contributed by atoms with Gasteiger partial charge >= 0.3 is 0 Å². The molecule has 0 amide bonds. The Morgan fingerprint density at radius 3 is 2.56 bits per heavy atom. The summed E-state index contributed by atoms with van der Waals surface area (Å²) < 4.78 is 27.0. The van der Waals surface area contributed by atoms with Crippen LogP contribution < -0.4 is 11.1 Å². The summed E-state index contributed by atoms with van der Waals surface area (Å²) in [6.45, 7) is 0. The molecule has 0 aliphatic heterocycles. The van der Waals surface area contributed by atoms with Gasteiger partial charge in [-0.15, -0.1) is 0 Å². The molecule has 0 saturated heterocycles. The zero-order valence-electron chi connectivity index (χ0n) is 8.98. The summed E-state index contributed by atoms with van der Waals surface area (Å²) >= 11 is 8.91. The van der Waals surface area contributed by atoms with Crippen LogP contribution in [-0.2, 0) is 0 Å². The summed E-state index contributed by atoms with van der Waals surface area (Å²) in [4.78, 5) is 0. The second-order valence-corrected chi connectivity index (χ2v) is 4.84. The van der Waals surface area contributed by atoms with Crippen molar-refractivity contribution in [2.24, 2.45) is 0 Å². The molecule has 0 aliphatic rings. The largest absolute Gasteiger partial charge is 0.397 e. The van der Waals surface area contributed by atoms with E-state index in [4.69, 9.17) is 17.3 Å². The van der Waals surface area contributed by atoms with E-state index in [1.54, 1.807) is 6.07 Å². The molecule has 0 fully saturated rings. The van der Waals surface area contributed by atoms with Crippen LogP contribution in [0, 0.1) is 11.6 Å². The van der Waals surface area contributed by atoms with E-state index in [-0.39, 0.29) is 20.9 Å². The van der Waals surface area contributed by atoms with Gasteiger partial charge in [0.05, 0.1) is 26.6 Å². The third-order valence-electron chi connectivity index (χ3n) is 2.31. The summed E-state index contributed by atoms with van der Waals surface area (Å²) in [6, 6.07) is 6.87. The Morgan fingerprint density at radius 1 is 1.17 bits per heavy atom. The van der Waals surface area contributed by atoms with Crippen LogP contribution in [0.1, 0.15) is 0 Å². The van der Waals surface area contributed by atoms with Gasteiger partial charge in [-0.2, -0.15) is 0 Å². The number of anilines is 3. The number of rotatable bonds is 2. The number of nitrogen functional groups attached to an aromatic ring is 1. The first kappa shape index (κ1) is 13.1. The zero-order chi connectivity index (χ0) is 13.3. The maximum atomic E-state index is 13.6. The molecule has 0 spiro atoms. The Hall–Kier alpha value is -1.33. The normalized spacial score (nSPS) is 10.4. The van der Waals surface area contributed by atoms with Gasteiger partial charge in [0.2, 0.25) is 0 Å². The number of benzene rings is 2. The third-order valence-corrected chi connectivity index (χ3v) is 3.24. The Kier molecular flexibility index (Phi) is 3.73. The van der Waals surface area contributed by atoms with Crippen LogP contribution in [0.25, 0.3) is 0 Å². The van der Waals surface area contributed by atoms with Crippen LogP contribution in [0.4, 0.5) is 25.8 Å². The van der Waals surface area contributed by atoms with Crippen LogP contribution in [0.2, 0.25) is 5.02 Å². The fourth-order valence-corrected chi connectivity index (χ4v) is 1.98. The summed E-state index contributed by atoms with van der Waals surface area (Å²) in [7, 11) is 0. The minimum atomic E-state index is -0.512. The predicted octanol–water partition coefficient (Wildman–Crippen LogP) is 4.71. The topological polar surface area (TPSA) is 38.0 Å². The quantitative estimate of drug-likeness (QED) is 0.781. The molecule has 0 heterocycles.